The second-order valence-electron chi connectivity index (χ2n) is 8.24. The van der Waals surface area contributed by atoms with Crippen LogP contribution in [0.5, 0.6) is 11.5 Å². The number of anilines is 1. The summed E-state index contributed by atoms with van der Waals surface area (Å²) in [6.45, 7) is 4.54. The lowest BCUT2D eigenvalue weighted by Gasteiger charge is -2.39. The number of hydrogen-bond donors (Lipinski definition) is 1. The lowest BCUT2D eigenvalue weighted by molar-refractivity contribution is -0.115. The van der Waals surface area contributed by atoms with Crippen LogP contribution in [0.1, 0.15) is 37.6 Å². The number of urea groups is 1. The van der Waals surface area contributed by atoms with E-state index in [0.717, 1.165) is 39.7 Å². The highest BCUT2D eigenvalue weighted by Crippen LogP contribution is 2.43. The molecule has 3 aromatic heterocycles. The highest BCUT2D eigenvalue weighted by molar-refractivity contribution is 7.15. The van der Waals surface area contributed by atoms with Crippen molar-refractivity contribution in [2.75, 3.05) is 11.9 Å². The Morgan fingerprint density at radius 2 is 2.06 bits per heavy atom. The predicted molar refractivity (Wildman–Crippen MR) is 123 cm³/mol. The van der Waals surface area contributed by atoms with E-state index in [4.69, 9.17) is 4.74 Å². The molecule has 0 spiro atoms. The van der Waals surface area contributed by atoms with E-state index in [1.807, 2.05) is 13.0 Å². The third-order valence-electron chi connectivity index (χ3n) is 5.72. The van der Waals surface area contributed by atoms with Gasteiger partial charge in [0.15, 0.2) is 0 Å². The molecule has 9 heteroatoms. The minimum Gasteiger partial charge on any atom is -0.456 e. The number of aromatic nitrogens is 3. The molecule has 0 saturated heterocycles. The second-order valence-corrected chi connectivity index (χ2v) is 9.48. The van der Waals surface area contributed by atoms with Crippen LogP contribution in [0.3, 0.4) is 0 Å². The molecule has 4 rings (SSSR count). The number of amides is 3. The molecule has 3 aromatic rings. The average Bonchev–Trinajstić information content (AvgIpc) is 3.21. The zero-order valence-corrected chi connectivity index (χ0v) is 18.9. The Morgan fingerprint density at radius 1 is 1.22 bits per heavy atom. The van der Waals surface area contributed by atoms with E-state index in [2.05, 4.69) is 27.2 Å². The number of pyridine rings is 2. The summed E-state index contributed by atoms with van der Waals surface area (Å²) < 4.78 is 5.87. The van der Waals surface area contributed by atoms with Gasteiger partial charge in [0, 0.05) is 25.0 Å². The molecule has 0 bridgehead atoms. The molecule has 166 valence electrons. The van der Waals surface area contributed by atoms with Crippen LogP contribution in [0.4, 0.5) is 10.6 Å². The zero-order valence-electron chi connectivity index (χ0n) is 18.1. The van der Waals surface area contributed by atoms with Gasteiger partial charge in [-0.1, -0.05) is 13.3 Å². The largest absolute Gasteiger partial charge is 0.456 e. The lowest BCUT2D eigenvalue weighted by atomic mass is 9.68. The first-order valence-electron chi connectivity index (χ1n) is 10.5. The van der Waals surface area contributed by atoms with Crippen LogP contribution < -0.4 is 10.1 Å². The van der Waals surface area contributed by atoms with Gasteiger partial charge in [-0.2, -0.15) is 0 Å². The number of hydrogen-bond acceptors (Lipinski definition) is 7. The Kier molecular flexibility index (Phi) is 6.45. The number of carbonyl (C=O) groups is 2. The lowest BCUT2D eigenvalue weighted by Crippen LogP contribution is -2.38. The van der Waals surface area contributed by atoms with Gasteiger partial charge >= 0.3 is 6.03 Å². The molecule has 32 heavy (non-hydrogen) atoms. The van der Waals surface area contributed by atoms with Gasteiger partial charge in [-0.05, 0) is 49.8 Å². The van der Waals surface area contributed by atoms with Crippen molar-refractivity contribution in [3.63, 3.8) is 0 Å². The van der Waals surface area contributed by atoms with Crippen molar-refractivity contribution in [3.8, 4) is 22.1 Å². The Bertz CT molecular complexity index is 1100. The highest BCUT2D eigenvalue weighted by atomic mass is 32.1. The molecule has 0 atom stereocenters. The summed E-state index contributed by atoms with van der Waals surface area (Å²) in [5, 5.41) is 3.64. The van der Waals surface area contributed by atoms with Crippen molar-refractivity contribution in [1.29, 1.82) is 0 Å². The van der Waals surface area contributed by atoms with Gasteiger partial charge in [0.05, 0.1) is 21.8 Å². The fourth-order valence-corrected chi connectivity index (χ4v) is 4.29. The summed E-state index contributed by atoms with van der Waals surface area (Å²) >= 11 is 1.57. The van der Waals surface area contributed by atoms with Crippen molar-refractivity contribution in [2.24, 2.45) is 5.41 Å². The number of carbonyl (C=O) groups excluding carboxylic acids is 2. The number of ether oxygens (including phenoxy) is 1. The summed E-state index contributed by atoms with van der Waals surface area (Å²) in [5.41, 5.74) is 1.03. The van der Waals surface area contributed by atoms with Crippen molar-refractivity contribution >= 4 is 29.6 Å². The third kappa shape index (κ3) is 5.28. The van der Waals surface area contributed by atoms with E-state index in [0.29, 0.717) is 30.3 Å². The van der Waals surface area contributed by atoms with Crippen LogP contribution in [-0.4, -0.2) is 38.8 Å². The number of nitrogens with one attached hydrogen (secondary N) is 1. The Balaban J connectivity index is 1.34. The fraction of sp³-hybridized carbons (Fsp3) is 0.348. The Hall–Kier alpha value is -3.33. The predicted octanol–water partition coefficient (Wildman–Crippen LogP) is 5.27. The van der Waals surface area contributed by atoms with Crippen LogP contribution in [0.2, 0.25) is 0 Å². The minimum atomic E-state index is -0.484. The molecule has 1 saturated carbocycles. The van der Waals surface area contributed by atoms with Gasteiger partial charge in [-0.25, -0.2) is 14.8 Å². The maximum atomic E-state index is 12.4. The summed E-state index contributed by atoms with van der Waals surface area (Å²) in [6.07, 6.45) is 9.89. The van der Waals surface area contributed by atoms with Gasteiger partial charge in [-0.3, -0.25) is 20.0 Å². The molecule has 1 N–H and O–H groups in total. The first-order chi connectivity index (χ1) is 15.4. The molecule has 1 aliphatic carbocycles. The van der Waals surface area contributed by atoms with E-state index in [9.17, 15) is 9.59 Å². The summed E-state index contributed by atoms with van der Waals surface area (Å²) in [6, 6.07) is 6.46. The van der Waals surface area contributed by atoms with Crippen molar-refractivity contribution in [2.45, 2.75) is 39.5 Å². The molecule has 1 fully saturated rings. The normalized spacial score (nSPS) is 14.3. The summed E-state index contributed by atoms with van der Waals surface area (Å²) in [5.74, 6) is 1.49. The van der Waals surface area contributed by atoms with Gasteiger partial charge in [0.2, 0.25) is 6.41 Å². The first kappa shape index (κ1) is 21.9. The first-order valence-corrected chi connectivity index (χ1v) is 11.3. The topological polar surface area (TPSA) is 97.3 Å². The Morgan fingerprint density at radius 3 is 2.69 bits per heavy atom. The standard InChI is InChI=1S/C23H25N5O3S/c1-16-25-14-20(32-16)19-12-17(6-10-24-19)31-18-4-5-21(26-13-18)27-22(30)28(15-29)11-9-23(2)7-3-8-23/h4-6,10,12-15H,3,7-9,11H2,1-2H3,(H,26,27,30). The van der Waals surface area contributed by atoms with E-state index < -0.39 is 6.03 Å². The van der Waals surface area contributed by atoms with Crippen LogP contribution >= 0.6 is 11.3 Å². The van der Waals surface area contributed by atoms with Gasteiger partial charge in [0.25, 0.3) is 0 Å². The van der Waals surface area contributed by atoms with Gasteiger partial charge in [0.1, 0.15) is 17.3 Å². The van der Waals surface area contributed by atoms with Gasteiger partial charge in [-0.15, -0.1) is 11.3 Å². The van der Waals surface area contributed by atoms with Gasteiger partial charge < -0.3 is 4.74 Å². The van der Waals surface area contributed by atoms with Crippen LogP contribution in [0.25, 0.3) is 10.6 Å². The number of nitrogens with zero attached hydrogens (tertiary/aromatic N) is 4. The number of imide groups is 1. The van der Waals surface area contributed by atoms with Crippen LogP contribution in [-0.2, 0) is 4.79 Å². The quantitative estimate of drug-likeness (QED) is 0.469. The van der Waals surface area contributed by atoms with Crippen molar-refractivity contribution < 1.29 is 14.3 Å². The molecule has 3 heterocycles. The van der Waals surface area contributed by atoms with E-state index in [1.165, 1.54) is 12.6 Å². The van der Waals surface area contributed by atoms with E-state index >= 15 is 0 Å². The van der Waals surface area contributed by atoms with Crippen LogP contribution in [0, 0.1) is 12.3 Å². The minimum absolute atomic E-state index is 0.241. The van der Waals surface area contributed by atoms with E-state index in [1.54, 1.807) is 41.9 Å². The number of thiazole rings is 1. The fourth-order valence-electron chi connectivity index (χ4n) is 3.54. The molecule has 0 aliphatic heterocycles. The third-order valence-corrected chi connectivity index (χ3v) is 6.65. The summed E-state index contributed by atoms with van der Waals surface area (Å²) in [7, 11) is 0. The maximum Gasteiger partial charge on any atom is 0.329 e. The Labute approximate surface area is 190 Å². The molecule has 0 unspecified atom stereocenters. The smallest absolute Gasteiger partial charge is 0.329 e. The second kappa shape index (κ2) is 9.44. The zero-order chi connectivity index (χ0) is 22.6. The maximum absolute atomic E-state index is 12.4. The molecule has 8 nitrogen and oxygen atoms in total. The SMILES string of the molecule is Cc1ncc(-c2cc(Oc3ccc(NC(=O)N(C=O)CCC4(C)CCC4)nc3)ccn2)s1. The van der Waals surface area contributed by atoms with Crippen molar-refractivity contribution in [1.82, 2.24) is 19.9 Å². The number of aryl methyl sites for hydroxylation is 1. The molecule has 3 amide bonds. The molecule has 1 aliphatic rings. The molecule has 0 radical (unpaired) electrons. The summed E-state index contributed by atoms with van der Waals surface area (Å²) in [4.78, 5) is 38.8. The van der Waals surface area contributed by atoms with E-state index in [-0.39, 0.29) is 5.41 Å². The molecular weight excluding hydrogens is 426 g/mol. The monoisotopic (exact) mass is 451 g/mol. The van der Waals surface area contributed by atoms with Crippen LogP contribution in [0.15, 0.2) is 42.9 Å². The average molecular weight is 452 g/mol. The molecule has 0 aromatic carbocycles. The van der Waals surface area contributed by atoms with Crippen molar-refractivity contribution in [3.05, 3.63) is 47.9 Å². The molecular formula is C23H25N5O3S. The highest BCUT2D eigenvalue weighted by Gasteiger charge is 2.32. The number of rotatable bonds is 8.